The lowest BCUT2D eigenvalue weighted by molar-refractivity contribution is 0.0320. The molecule has 0 aliphatic rings. The summed E-state index contributed by atoms with van der Waals surface area (Å²) in [7, 11) is 0. The van der Waals surface area contributed by atoms with E-state index in [0.717, 1.165) is 5.56 Å². The average Bonchev–Trinajstić information content (AvgIpc) is 2.36. The molecule has 0 bridgehead atoms. The second-order valence-electron chi connectivity index (χ2n) is 5.69. The molecule has 0 radical (unpaired) electrons. The molecule has 5 nitrogen and oxygen atoms in total. The van der Waals surface area contributed by atoms with Gasteiger partial charge in [0.2, 0.25) is 0 Å². The molecule has 1 aromatic carbocycles. The van der Waals surface area contributed by atoms with Gasteiger partial charge in [-0.25, -0.2) is 4.79 Å². The van der Waals surface area contributed by atoms with Gasteiger partial charge in [-0.1, -0.05) is 30.3 Å². The average molecular weight is 281 g/mol. The van der Waals surface area contributed by atoms with Crippen LogP contribution in [0.25, 0.3) is 0 Å². The summed E-state index contributed by atoms with van der Waals surface area (Å²) >= 11 is 0. The summed E-state index contributed by atoms with van der Waals surface area (Å²) in [6.07, 6.45) is -1.23. The van der Waals surface area contributed by atoms with Gasteiger partial charge in [0.25, 0.3) is 0 Å². The first-order valence-corrected chi connectivity index (χ1v) is 6.64. The molecule has 0 saturated carbocycles. The molecule has 20 heavy (non-hydrogen) atoms. The summed E-state index contributed by atoms with van der Waals surface area (Å²) in [6, 6.07) is 8.85. The Morgan fingerprint density at radius 3 is 2.40 bits per heavy atom. The molecule has 0 aliphatic heterocycles. The summed E-state index contributed by atoms with van der Waals surface area (Å²) in [5, 5.41) is 21.5. The Kier molecular flexibility index (Phi) is 5.98. The fraction of sp³-hybridized carbons (Fsp3) is 0.533. The normalized spacial score (nSPS) is 14.4. The smallest absolute Gasteiger partial charge is 0.407 e. The minimum atomic E-state index is -1.04. The number of ether oxygens (including phenoxy) is 1. The monoisotopic (exact) mass is 281 g/mol. The summed E-state index contributed by atoms with van der Waals surface area (Å²) in [6.45, 7) is 4.87. The Labute approximate surface area is 119 Å². The maximum atomic E-state index is 11.8. The van der Waals surface area contributed by atoms with E-state index in [1.165, 1.54) is 0 Å². The third-order valence-corrected chi connectivity index (χ3v) is 2.65. The first kappa shape index (κ1) is 16.5. The van der Waals surface area contributed by atoms with Crippen LogP contribution in [0.5, 0.6) is 0 Å². The van der Waals surface area contributed by atoms with Gasteiger partial charge < -0.3 is 20.3 Å². The fourth-order valence-corrected chi connectivity index (χ4v) is 1.74. The molecular formula is C15H23NO4. The zero-order chi connectivity index (χ0) is 15.2. The van der Waals surface area contributed by atoms with Crippen LogP contribution >= 0.6 is 0 Å². The third kappa shape index (κ3) is 6.04. The van der Waals surface area contributed by atoms with Gasteiger partial charge in [-0.3, -0.25) is 0 Å². The number of carbonyl (C=O) groups excluding carboxylic acids is 1. The highest BCUT2D eigenvalue weighted by Crippen LogP contribution is 2.10. The van der Waals surface area contributed by atoms with Crippen molar-refractivity contribution in [3.05, 3.63) is 35.9 Å². The fourth-order valence-electron chi connectivity index (χ4n) is 1.74. The van der Waals surface area contributed by atoms with Crippen LogP contribution in [-0.4, -0.2) is 40.7 Å². The van der Waals surface area contributed by atoms with Crippen LogP contribution < -0.4 is 5.32 Å². The quantitative estimate of drug-likeness (QED) is 0.764. The van der Waals surface area contributed by atoms with Crippen LogP contribution in [0, 0.1) is 0 Å². The van der Waals surface area contributed by atoms with Crippen molar-refractivity contribution in [2.75, 3.05) is 6.61 Å². The van der Waals surface area contributed by atoms with E-state index in [1.54, 1.807) is 20.8 Å². The molecule has 0 spiro atoms. The highest BCUT2D eigenvalue weighted by Gasteiger charge is 2.24. The van der Waals surface area contributed by atoms with Crippen LogP contribution in [0.1, 0.15) is 26.3 Å². The maximum Gasteiger partial charge on any atom is 0.407 e. The van der Waals surface area contributed by atoms with Crippen molar-refractivity contribution in [3.63, 3.8) is 0 Å². The lowest BCUT2D eigenvalue weighted by Crippen LogP contribution is -2.48. The van der Waals surface area contributed by atoms with Crippen LogP contribution in [0.15, 0.2) is 30.3 Å². The van der Waals surface area contributed by atoms with E-state index in [1.807, 2.05) is 30.3 Å². The SMILES string of the molecule is CC(C)(C)OC(=O)N[C@H](Cc1ccccc1)C(O)CO. The number of carbonyl (C=O) groups is 1. The van der Waals surface area contributed by atoms with E-state index < -0.39 is 30.4 Å². The molecule has 0 aliphatic carbocycles. The van der Waals surface area contributed by atoms with Gasteiger partial charge in [0.05, 0.1) is 18.8 Å². The Bertz CT molecular complexity index is 414. The predicted octanol–water partition coefficient (Wildman–Crippen LogP) is 1.48. The molecule has 0 heterocycles. The second kappa shape index (κ2) is 7.26. The summed E-state index contributed by atoms with van der Waals surface area (Å²) in [5.74, 6) is 0. The molecule has 3 N–H and O–H groups in total. The number of nitrogens with one attached hydrogen (secondary N) is 1. The van der Waals surface area contributed by atoms with Crippen molar-refractivity contribution in [1.29, 1.82) is 0 Å². The third-order valence-electron chi connectivity index (χ3n) is 2.65. The van der Waals surface area contributed by atoms with E-state index in [9.17, 15) is 9.90 Å². The second-order valence-corrected chi connectivity index (χ2v) is 5.69. The first-order valence-electron chi connectivity index (χ1n) is 6.64. The van der Waals surface area contributed by atoms with Gasteiger partial charge in [0.15, 0.2) is 0 Å². The zero-order valence-corrected chi connectivity index (χ0v) is 12.2. The number of alkyl carbamates (subject to hydrolysis) is 1. The number of benzene rings is 1. The topological polar surface area (TPSA) is 78.8 Å². The van der Waals surface area contributed by atoms with Gasteiger partial charge >= 0.3 is 6.09 Å². The molecule has 0 aromatic heterocycles. The molecule has 1 unspecified atom stereocenters. The molecular weight excluding hydrogens is 258 g/mol. The van der Waals surface area contributed by atoms with Gasteiger partial charge in [-0.05, 0) is 32.8 Å². The van der Waals surface area contributed by atoms with Crippen molar-refractivity contribution in [2.24, 2.45) is 0 Å². The predicted molar refractivity (Wildman–Crippen MR) is 76.4 cm³/mol. The minimum Gasteiger partial charge on any atom is -0.444 e. The Morgan fingerprint density at radius 1 is 1.30 bits per heavy atom. The largest absolute Gasteiger partial charge is 0.444 e. The van der Waals surface area contributed by atoms with E-state index in [-0.39, 0.29) is 0 Å². The van der Waals surface area contributed by atoms with Crippen molar-refractivity contribution in [1.82, 2.24) is 5.32 Å². The van der Waals surface area contributed by atoms with Crippen LogP contribution in [0.2, 0.25) is 0 Å². The molecule has 5 heteroatoms. The summed E-state index contributed by atoms with van der Waals surface area (Å²) in [4.78, 5) is 11.8. The molecule has 1 amide bonds. The van der Waals surface area contributed by atoms with E-state index in [4.69, 9.17) is 9.84 Å². The highest BCUT2D eigenvalue weighted by molar-refractivity contribution is 5.68. The minimum absolute atomic E-state index is 0.418. The lowest BCUT2D eigenvalue weighted by Gasteiger charge is -2.26. The standard InChI is InChI=1S/C15H23NO4/c1-15(2,3)20-14(19)16-12(13(18)10-17)9-11-7-5-4-6-8-11/h4-8,12-13,17-18H,9-10H2,1-3H3,(H,16,19)/t12-,13?/m1/s1. The van der Waals surface area contributed by atoms with Crippen molar-refractivity contribution >= 4 is 6.09 Å². The zero-order valence-electron chi connectivity index (χ0n) is 12.2. The summed E-state index contributed by atoms with van der Waals surface area (Å²) < 4.78 is 5.16. The van der Waals surface area contributed by atoms with Crippen molar-refractivity contribution in [2.45, 2.75) is 44.9 Å². The molecule has 1 rings (SSSR count). The maximum absolute atomic E-state index is 11.8. The summed E-state index contributed by atoms with van der Waals surface area (Å²) in [5.41, 5.74) is 0.354. The van der Waals surface area contributed by atoms with Crippen LogP contribution in [0.3, 0.4) is 0 Å². The number of aliphatic hydroxyl groups excluding tert-OH is 2. The van der Waals surface area contributed by atoms with E-state index in [2.05, 4.69) is 5.32 Å². The number of hydrogen-bond donors (Lipinski definition) is 3. The van der Waals surface area contributed by atoms with Crippen LogP contribution in [0.4, 0.5) is 4.79 Å². The van der Waals surface area contributed by atoms with Crippen molar-refractivity contribution < 1.29 is 19.7 Å². The van der Waals surface area contributed by atoms with E-state index >= 15 is 0 Å². The lowest BCUT2D eigenvalue weighted by atomic mass is 10.0. The molecule has 1 aromatic rings. The Balaban J connectivity index is 2.68. The van der Waals surface area contributed by atoms with Crippen LogP contribution in [-0.2, 0) is 11.2 Å². The molecule has 0 fully saturated rings. The van der Waals surface area contributed by atoms with Crippen molar-refractivity contribution in [3.8, 4) is 0 Å². The highest BCUT2D eigenvalue weighted by atomic mass is 16.6. The first-order chi connectivity index (χ1) is 9.31. The van der Waals surface area contributed by atoms with Gasteiger partial charge in [0, 0.05) is 0 Å². The molecule has 112 valence electrons. The molecule has 2 atom stereocenters. The van der Waals surface area contributed by atoms with Gasteiger partial charge in [0.1, 0.15) is 5.60 Å². The number of rotatable bonds is 5. The number of hydrogen-bond acceptors (Lipinski definition) is 4. The number of aliphatic hydroxyl groups is 2. The van der Waals surface area contributed by atoms with E-state index in [0.29, 0.717) is 6.42 Å². The Hall–Kier alpha value is -1.59. The molecule has 0 saturated heterocycles. The number of amides is 1. The van der Waals surface area contributed by atoms with Gasteiger partial charge in [-0.2, -0.15) is 0 Å². The van der Waals surface area contributed by atoms with Gasteiger partial charge in [-0.15, -0.1) is 0 Å². The Morgan fingerprint density at radius 2 is 1.90 bits per heavy atom.